The van der Waals surface area contributed by atoms with E-state index in [-0.39, 0.29) is 4.90 Å². The first-order chi connectivity index (χ1) is 7.00. The van der Waals surface area contributed by atoms with Crippen LogP contribution in [0.25, 0.3) is 0 Å². The van der Waals surface area contributed by atoms with E-state index in [0.717, 1.165) is 0 Å². The summed E-state index contributed by atoms with van der Waals surface area (Å²) in [7, 11) is -0.395. The maximum Gasteiger partial charge on any atom is 0.264 e. The van der Waals surface area contributed by atoms with Crippen molar-refractivity contribution in [1.29, 1.82) is 0 Å². The van der Waals surface area contributed by atoms with Crippen molar-refractivity contribution in [2.75, 3.05) is 14.1 Å². The number of rotatable bonds is 2. The molecule has 0 fully saturated rings. The number of hydrogen-bond acceptors (Lipinski definition) is 3. The van der Waals surface area contributed by atoms with Gasteiger partial charge in [-0.3, -0.25) is 9.30 Å². The molecule has 1 aromatic carbocycles. The highest BCUT2D eigenvalue weighted by atomic mass is 32.2. The SMILES string of the molecule is CN=C(C)N(C)S(=O)(=O)c1ccccc1. The monoisotopic (exact) mass is 226 g/mol. The molecule has 0 aliphatic carbocycles. The summed E-state index contributed by atoms with van der Waals surface area (Å²) in [4.78, 5) is 4.12. The van der Waals surface area contributed by atoms with Crippen molar-refractivity contribution in [2.24, 2.45) is 4.99 Å². The summed E-state index contributed by atoms with van der Waals surface area (Å²) in [5, 5.41) is 0. The average Bonchev–Trinajstić information content (AvgIpc) is 2.28. The highest BCUT2D eigenvalue weighted by Crippen LogP contribution is 2.13. The molecule has 0 atom stereocenters. The zero-order valence-corrected chi connectivity index (χ0v) is 9.82. The van der Waals surface area contributed by atoms with Gasteiger partial charge in [0, 0.05) is 14.1 Å². The van der Waals surface area contributed by atoms with E-state index in [2.05, 4.69) is 4.99 Å². The van der Waals surface area contributed by atoms with Gasteiger partial charge in [-0.15, -0.1) is 0 Å². The molecule has 5 heteroatoms. The lowest BCUT2D eigenvalue weighted by Crippen LogP contribution is -2.31. The molecule has 0 saturated heterocycles. The van der Waals surface area contributed by atoms with Crippen LogP contribution in [-0.2, 0) is 10.0 Å². The first kappa shape index (κ1) is 11.7. The molecule has 82 valence electrons. The Bertz CT molecular complexity index is 452. The third kappa shape index (κ3) is 2.36. The van der Waals surface area contributed by atoms with Crippen LogP contribution in [0.15, 0.2) is 40.2 Å². The molecule has 0 spiro atoms. The van der Waals surface area contributed by atoms with Crippen molar-refractivity contribution in [2.45, 2.75) is 11.8 Å². The molecule has 4 nitrogen and oxygen atoms in total. The molecule has 0 heterocycles. The molecule has 0 unspecified atom stereocenters. The van der Waals surface area contributed by atoms with Crippen molar-refractivity contribution in [3.63, 3.8) is 0 Å². The van der Waals surface area contributed by atoms with Crippen molar-refractivity contribution in [1.82, 2.24) is 4.31 Å². The number of hydrogen-bond donors (Lipinski definition) is 0. The molecule has 0 N–H and O–H groups in total. The minimum atomic E-state index is -3.45. The smallest absolute Gasteiger partial charge is 0.264 e. The lowest BCUT2D eigenvalue weighted by atomic mass is 10.4. The molecular weight excluding hydrogens is 212 g/mol. The molecule has 0 aromatic heterocycles. The fourth-order valence-corrected chi connectivity index (χ4v) is 2.31. The van der Waals surface area contributed by atoms with Crippen molar-refractivity contribution in [3.05, 3.63) is 30.3 Å². The van der Waals surface area contributed by atoms with Gasteiger partial charge in [0.25, 0.3) is 10.0 Å². The van der Waals surface area contributed by atoms with Crippen LogP contribution >= 0.6 is 0 Å². The van der Waals surface area contributed by atoms with E-state index in [4.69, 9.17) is 0 Å². The highest BCUT2D eigenvalue weighted by Gasteiger charge is 2.20. The van der Waals surface area contributed by atoms with E-state index in [1.807, 2.05) is 0 Å². The molecule has 0 aliphatic rings. The van der Waals surface area contributed by atoms with Crippen LogP contribution in [0.1, 0.15) is 6.92 Å². The summed E-state index contributed by atoms with van der Waals surface area (Å²) in [6.07, 6.45) is 0. The van der Waals surface area contributed by atoms with Gasteiger partial charge in [-0.05, 0) is 19.1 Å². The van der Waals surface area contributed by atoms with Crippen molar-refractivity contribution >= 4 is 15.9 Å². The number of amidine groups is 1. The average molecular weight is 226 g/mol. The minimum Gasteiger partial charge on any atom is -0.275 e. The summed E-state index contributed by atoms with van der Waals surface area (Å²) in [6.45, 7) is 1.65. The predicted octanol–water partition coefficient (Wildman–Crippen LogP) is 1.36. The van der Waals surface area contributed by atoms with Crippen molar-refractivity contribution < 1.29 is 8.42 Å². The van der Waals surface area contributed by atoms with Gasteiger partial charge in [0.15, 0.2) is 0 Å². The molecule has 15 heavy (non-hydrogen) atoms. The second-order valence-corrected chi connectivity index (χ2v) is 5.03. The zero-order chi connectivity index (χ0) is 11.5. The third-order valence-electron chi connectivity index (χ3n) is 2.18. The standard InChI is InChI=1S/C10H14N2O2S/c1-9(11-2)12(3)15(13,14)10-7-5-4-6-8-10/h4-8H,1-3H3. The van der Waals surface area contributed by atoms with Crippen LogP contribution < -0.4 is 0 Å². The Kier molecular flexibility index (Phi) is 3.47. The Morgan fingerprint density at radius 3 is 2.27 bits per heavy atom. The Morgan fingerprint density at radius 1 is 1.27 bits per heavy atom. The first-order valence-electron chi connectivity index (χ1n) is 4.47. The van der Waals surface area contributed by atoms with E-state index in [9.17, 15) is 8.42 Å². The Labute approximate surface area is 90.3 Å². The predicted molar refractivity (Wildman–Crippen MR) is 60.4 cm³/mol. The van der Waals surface area contributed by atoms with Gasteiger partial charge < -0.3 is 0 Å². The van der Waals surface area contributed by atoms with Crippen LogP contribution in [0.2, 0.25) is 0 Å². The molecule has 0 amide bonds. The summed E-state index contributed by atoms with van der Waals surface area (Å²) >= 11 is 0. The number of benzene rings is 1. The van der Waals surface area contributed by atoms with Crippen molar-refractivity contribution in [3.8, 4) is 0 Å². The molecular formula is C10H14N2O2S. The minimum absolute atomic E-state index is 0.274. The normalized spacial score (nSPS) is 12.6. The Hall–Kier alpha value is -1.36. The zero-order valence-electron chi connectivity index (χ0n) is 9.01. The lowest BCUT2D eigenvalue weighted by molar-refractivity contribution is 0.551. The Morgan fingerprint density at radius 2 is 1.80 bits per heavy atom. The summed E-state index contributed by atoms with van der Waals surface area (Å²) < 4.78 is 25.1. The first-order valence-corrected chi connectivity index (χ1v) is 5.91. The molecule has 0 saturated carbocycles. The summed E-state index contributed by atoms with van der Waals surface area (Å²) in [6, 6.07) is 8.29. The number of sulfonamides is 1. The van der Waals surface area contributed by atoms with Gasteiger partial charge in [0.1, 0.15) is 5.84 Å². The van der Waals surface area contributed by atoms with Crippen LogP contribution in [0.5, 0.6) is 0 Å². The second kappa shape index (κ2) is 4.44. The van der Waals surface area contributed by atoms with Crippen LogP contribution in [0, 0.1) is 0 Å². The molecule has 1 aromatic rings. The fraction of sp³-hybridized carbons (Fsp3) is 0.300. The van der Waals surface area contributed by atoms with E-state index in [0.29, 0.717) is 5.84 Å². The summed E-state index contributed by atoms with van der Waals surface area (Å²) in [5.41, 5.74) is 0. The molecule has 0 aliphatic heterocycles. The van der Waals surface area contributed by atoms with E-state index in [1.54, 1.807) is 44.3 Å². The van der Waals surface area contributed by atoms with E-state index >= 15 is 0 Å². The van der Waals surface area contributed by atoms with Gasteiger partial charge in [0.2, 0.25) is 0 Å². The van der Waals surface area contributed by atoms with Crippen LogP contribution in [-0.4, -0.2) is 32.7 Å². The lowest BCUT2D eigenvalue weighted by Gasteiger charge is -2.18. The van der Waals surface area contributed by atoms with Crippen LogP contribution in [0.4, 0.5) is 0 Å². The molecule has 1 rings (SSSR count). The molecule has 0 radical (unpaired) electrons. The van der Waals surface area contributed by atoms with E-state index in [1.165, 1.54) is 11.4 Å². The maximum absolute atomic E-state index is 12.0. The Balaban J connectivity index is 3.15. The van der Waals surface area contributed by atoms with Gasteiger partial charge in [-0.1, -0.05) is 18.2 Å². The van der Waals surface area contributed by atoms with Gasteiger partial charge in [0.05, 0.1) is 4.90 Å². The van der Waals surface area contributed by atoms with Gasteiger partial charge in [-0.2, -0.15) is 0 Å². The number of aliphatic imine (C=N–C) groups is 1. The third-order valence-corrected chi connectivity index (χ3v) is 4.03. The van der Waals surface area contributed by atoms with Gasteiger partial charge >= 0.3 is 0 Å². The van der Waals surface area contributed by atoms with E-state index < -0.39 is 10.0 Å². The summed E-state index contributed by atoms with van der Waals surface area (Å²) in [5.74, 6) is 0.457. The molecule has 0 bridgehead atoms. The second-order valence-electron chi connectivity index (χ2n) is 3.06. The van der Waals surface area contributed by atoms with Gasteiger partial charge in [-0.25, -0.2) is 8.42 Å². The van der Waals surface area contributed by atoms with Crippen LogP contribution in [0.3, 0.4) is 0 Å². The highest BCUT2D eigenvalue weighted by molar-refractivity contribution is 7.89. The quantitative estimate of drug-likeness (QED) is 0.564. The maximum atomic E-state index is 12.0. The number of nitrogens with zero attached hydrogens (tertiary/aromatic N) is 2. The topological polar surface area (TPSA) is 49.7 Å². The largest absolute Gasteiger partial charge is 0.275 e. The fourth-order valence-electron chi connectivity index (χ4n) is 1.07.